The number of hydrogen-bond donors (Lipinski definition) is 1. The van der Waals surface area contributed by atoms with E-state index in [0.29, 0.717) is 5.13 Å². The molecule has 0 saturated heterocycles. The van der Waals surface area contributed by atoms with Crippen LogP contribution in [0.4, 0.5) is 5.13 Å². The van der Waals surface area contributed by atoms with E-state index in [2.05, 4.69) is 15.3 Å². The van der Waals surface area contributed by atoms with Crippen molar-refractivity contribution in [3.63, 3.8) is 0 Å². The molecular formula is C23H18N4O2S2. The van der Waals surface area contributed by atoms with E-state index in [1.54, 1.807) is 7.11 Å². The van der Waals surface area contributed by atoms with Gasteiger partial charge in [0.15, 0.2) is 10.1 Å². The zero-order valence-corrected chi connectivity index (χ0v) is 18.2. The molecular weight excluding hydrogens is 428 g/mol. The maximum Gasteiger partial charge on any atom is 0.232 e. The van der Waals surface area contributed by atoms with Gasteiger partial charge in [0.25, 0.3) is 0 Å². The SMILES string of the molecule is COc1ccc(-c2csc(NC(=O)Cc3csc4nc(-c5ccccc5)cn34)n2)cc1. The highest BCUT2D eigenvalue weighted by Crippen LogP contribution is 2.27. The average Bonchev–Trinajstić information content (AvgIpc) is 3.52. The normalized spacial score (nSPS) is 11.0. The van der Waals surface area contributed by atoms with Gasteiger partial charge in [-0.25, -0.2) is 9.97 Å². The molecule has 0 radical (unpaired) electrons. The molecule has 1 N–H and O–H groups in total. The first-order chi connectivity index (χ1) is 15.2. The largest absolute Gasteiger partial charge is 0.497 e. The Balaban J connectivity index is 1.29. The van der Waals surface area contributed by atoms with E-state index in [-0.39, 0.29) is 12.3 Å². The van der Waals surface area contributed by atoms with Crippen LogP contribution in [0.1, 0.15) is 5.69 Å². The van der Waals surface area contributed by atoms with Crippen LogP contribution in [-0.2, 0) is 11.2 Å². The molecule has 5 aromatic rings. The number of aromatic nitrogens is 3. The smallest absolute Gasteiger partial charge is 0.232 e. The van der Waals surface area contributed by atoms with Gasteiger partial charge in [0, 0.05) is 33.8 Å². The number of nitrogens with zero attached hydrogens (tertiary/aromatic N) is 3. The van der Waals surface area contributed by atoms with Crippen LogP contribution in [-0.4, -0.2) is 27.4 Å². The van der Waals surface area contributed by atoms with Gasteiger partial charge in [-0.1, -0.05) is 30.3 Å². The first-order valence-electron chi connectivity index (χ1n) is 9.60. The first kappa shape index (κ1) is 19.5. The van der Waals surface area contributed by atoms with Crippen molar-refractivity contribution in [3.05, 3.63) is 77.2 Å². The number of rotatable bonds is 6. The van der Waals surface area contributed by atoms with Crippen molar-refractivity contribution in [3.8, 4) is 28.3 Å². The van der Waals surface area contributed by atoms with Crippen molar-refractivity contribution in [2.24, 2.45) is 0 Å². The standard InChI is InChI=1S/C23H18N4O2S2/c1-29-18-9-7-16(8-10-18)20-14-30-22(24-20)26-21(28)11-17-13-31-23-25-19(12-27(17)23)15-5-3-2-4-6-15/h2-10,12-14H,11H2,1H3,(H,24,26,28). The van der Waals surface area contributed by atoms with E-state index in [1.165, 1.54) is 22.7 Å². The maximum absolute atomic E-state index is 12.6. The van der Waals surface area contributed by atoms with Gasteiger partial charge in [-0.05, 0) is 24.3 Å². The summed E-state index contributed by atoms with van der Waals surface area (Å²) < 4.78 is 7.17. The molecule has 3 heterocycles. The number of anilines is 1. The Hall–Kier alpha value is -3.49. The molecule has 3 aromatic heterocycles. The Bertz CT molecular complexity index is 1340. The Morgan fingerprint density at radius 2 is 1.74 bits per heavy atom. The van der Waals surface area contributed by atoms with Crippen molar-refractivity contribution >= 4 is 38.7 Å². The summed E-state index contributed by atoms with van der Waals surface area (Å²) in [5.74, 6) is 0.690. The Morgan fingerprint density at radius 3 is 2.52 bits per heavy atom. The third kappa shape index (κ3) is 4.08. The van der Waals surface area contributed by atoms with Crippen LogP contribution in [0.2, 0.25) is 0 Å². The zero-order chi connectivity index (χ0) is 21.2. The van der Waals surface area contributed by atoms with Gasteiger partial charge < -0.3 is 10.1 Å². The molecule has 5 rings (SSSR count). The fourth-order valence-corrected chi connectivity index (χ4v) is 4.87. The number of carbonyl (C=O) groups excluding carboxylic acids is 1. The van der Waals surface area contributed by atoms with Gasteiger partial charge in [-0.15, -0.1) is 22.7 Å². The third-order valence-electron chi connectivity index (χ3n) is 4.83. The lowest BCUT2D eigenvalue weighted by atomic mass is 10.2. The monoisotopic (exact) mass is 446 g/mol. The summed E-state index contributed by atoms with van der Waals surface area (Å²) >= 11 is 2.94. The lowest BCUT2D eigenvalue weighted by Gasteiger charge is -2.02. The van der Waals surface area contributed by atoms with Crippen molar-refractivity contribution in [1.82, 2.24) is 14.4 Å². The summed E-state index contributed by atoms with van der Waals surface area (Å²) in [6.45, 7) is 0. The zero-order valence-electron chi connectivity index (χ0n) is 16.6. The second-order valence-corrected chi connectivity index (χ2v) is 8.56. The molecule has 2 aromatic carbocycles. The van der Waals surface area contributed by atoms with Crippen LogP contribution in [0.25, 0.3) is 27.5 Å². The molecule has 0 bridgehead atoms. The molecule has 31 heavy (non-hydrogen) atoms. The average molecular weight is 447 g/mol. The summed E-state index contributed by atoms with van der Waals surface area (Å²) in [6, 6.07) is 17.7. The molecule has 1 amide bonds. The second-order valence-electron chi connectivity index (χ2n) is 6.86. The summed E-state index contributed by atoms with van der Waals surface area (Å²) in [6.07, 6.45) is 2.23. The van der Waals surface area contributed by atoms with Crippen LogP contribution in [0.15, 0.2) is 71.6 Å². The molecule has 0 aliphatic carbocycles. The van der Waals surface area contributed by atoms with Gasteiger partial charge in [0.2, 0.25) is 5.91 Å². The van der Waals surface area contributed by atoms with Crippen molar-refractivity contribution < 1.29 is 9.53 Å². The van der Waals surface area contributed by atoms with Gasteiger partial charge in [0.05, 0.1) is 24.9 Å². The predicted octanol–water partition coefficient (Wildman–Crippen LogP) is 5.38. The number of imidazole rings is 1. The number of fused-ring (bicyclic) bond motifs is 1. The van der Waals surface area contributed by atoms with Crippen LogP contribution >= 0.6 is 22.7 Å². The third-order valence-corrected chi connectivity index (χ3v) is 6.48. The number of carbonyl (C=O) groups is 1. The number of thiazole rings is 2. The lowest BCUT2D eigenvalue weighted by molar-refractivity contribution is -0.115. The summed E-state index contributed by atoms with van der Waals surface area (Å²) in [4.78, 5) is 22.7. The highest BCUT2D eigenvalue weighted by molar-refractivity contribution is 7.15. The first-order valence-corrected chi connectivity index (χ1v) is 11.4. The predicted molar refractivity (Wildman–Crippen MR) is 125 cm³/mol. The van der Waals surface area contributed by atoms with E-state index in [4.69, 9.17) is 4.74 Å². The van der Waals surface area contributed by atoms with E-state index in [0.717, 1.165) is 38.9 Å². The number of amides is 1. The van der Waals surface area contributed by atoms with E-state index < -0.39 is 0 Å². The van der Waals surface area contributed by atoms with Gasteiger partial charge in [0.1, 0.15) is 5.75 Å². The topological polar surface area (TPSA) is 68.5 Å². The molecule has 6 nitrogen and oxygen atoms in total. The molecule has 0 aliphatic rings. The van der Waals surface area contributed by atoms with E-state index in [1.807, 2.05) is 76.0 Å². The fourth-order valence-electron chi connectivity index (χ4n) is 3.26. The van der Waals surface area contributed by atoms with Crippen LogP contribution < -0.4 is 10.1 Å². The van der Waals surface area contributed by atoms with E-state index in [9.17, 15) is 4.79 Å². The minimum Gasteiger partial charge on any atom is -0.497 e. The maximum atomic E-state index is 12.6. The number of ether oxygens (including phenoxy) is 1. The quantitative estimate of drug-likeness (QED) is 0.380. The van der Waals surface area contributed by atoms with Gasteiger partial charge >= 0.3 is 0 Å². The van der Waals surface area contributed by atoms with Crippen molar-refractivity contribution in [2.45, 2.75) is 6.42 Å². The van der Waals surface area contributed by atoms with Crippen LogP contribution in [0.5, 0.6) is 5.75 Å². The lowest BCUT2D eigenvalue weighted by Crippen LogP contribution is -2.15. The molecule has 0 aliphatic heterocycles. The van der Waals surface area contributed by atoms with E-state index >= 15 is 0 Å². The summed E-state index contributed by atoms with van der Waals surface area (Å²) in [5, 5.41) is 7.40. The number of benzene rings is 2. The van der Waals surface area contributed by atoms with Crippen LogP contribution in [0, 0.1) is 0 Å². The molecule has 0 atom stereocenters. The molecule has 0 saturated carbocycles. The number of hydrogen-bond acceptors (Lipinski definition) is 6. The van der Waals surface area contributed by atoms with Gasteiger partial charge in [-0.2, -0.15) is 0 Å². The minimum absolute atomic E-state index is 0.106. The second kappa shape index (κ2) is 8.33. The Morgan fingerprint density at radius 1 is 0.968 bits per heavy atom. The number of nitrogens with one attached hydrogen (secondary N) is 1. The molecule has 0 fully saturated rings. The summed E-state index contributed by atoms with van der Waals surface area (Å²) in [5.41, 5.74) is 4.66. The van der Waals surface area contributed by atoms with Gasteiger partial charge in [-0.3, -0.25) is 9.20 Å². The fraction of sp³-hybridized carbons (Fsp3) is 0.0870. The van der Waals surface area contributed by atoms with Crippen molar-refractivity contribution in [2.75, 3.05) is 12.4 Å². The Kier molecular flexibility index (Phi) is 5.23. The molecule has 0 unspecified atom stereocenters. The molecule has 154 valence electrons. The Labute approximate surface area is 186 Å². The molecule has 8 heteroatoms. The highest BCUT2D eigenvalue weighted by atomic mass is 32.1. The van der Waals surface area contributed by atoms with Crippen molar-refractivity contribution in [1.29, 1.82) is 0 Å². The highest BCUT2D eigenvalue weighted by Gasteiger charge is 2.14. The molecule has 0 spiro atoms. The summed E-state index contributed by atoms with van der Waals surface area (Å²) in [7, 11) is 1.64. The minimum atomic E-state index is -0.106. The number of methoxy groups -OCH3 is 1. The van der Waals surface area contributed by atoms with Crippen LogP contribution in [0.3, 0.4) is 0 Å².